The molecule has 3 aromatic rings. The Morgan fingerprint density at radius 1 is 1.08 bits per heavy atom. The summed E-state index contributed by atoms with van der Waals surface area (Å²) < 4.78 is 40.8. The van der Waals surface area contributed by atoms with E-state index < -0.39 is 15.8 Å². The minimum absolute atomic E-state index is 0.0999. The van der Waals surface area contributed by atoms with Gasteiger partial charge in [0.05, 0.1) is 21.9 Å². The second-order valence-electron chi connectivity index (χ2n) is 4.70. The Kier molecular flexibility index (Phi) is 4.70. The summed E-state index contributed by atoms with van der Waals surface area (Å²) in [4.78, 5) is 4.02. The topological polar surface area (TPSA) is 71.1 Å². The molecule has 0 radical (unpaired) electrons. The number of sulfonamides is 1. The number of rotatable bonds is 5. The highest BCUT2D eigenvalue weighted by Gasteiger charge is 2.17. The first-order valence-electron chi connectivity index (χ1n) is 6.70. The molecule has 0 amide bonds. The third kappa shape index (κ3) is 3.84. The lowest BCUT2D eigenvalue weighted by Gasteiger charge is -2.09. The number of halogens is 2. The second-order valence-corrected chi connectivity index (χ2v) is 8.33. The predicted octanol–water partition coefficient (Wildman–Crippen LogP) is 4.48. The van der Waals surface area contributed by atoms with Gasteiger partial charge in [-0.1, -0.05) is 23.7 Å². The van der Waals surface area contributed by atoms with Crippen molar-refractivity contribution < 1.29 is 12.8 Å². The summed E-state index contributed by atoms with van der Waals surface area (Å²) in [5, 5.41) is 2.87. The molecule has 5 nitrogen and oxygen atoms in total. The zero-order valence-corrected chi connectivity index (χ0v) is 14.4. The molecule has 2 heterocycles. The number of benzene rings is 1. The van der Waals surface area contributed by atoms with E-state index >= 15 is 0 Å². The van der Waals surface area contributed by atoms with Crippen molar-refractivity contribution in [3.8, 4) is 0 Å². The van der Waals surface area contributed by atoms with Crippen molar-refractivity contribution in [2.45, 2.75) is 4.21 Å². The van der Waals surface area contributed by atoms with Crippen LogP contribution in [0.1, 0.15) is 0 Å². The Hall–Kier alpha value is -2.16. The minimum Gasteiger partial charge on any atom is -0.352 e. The molecule has 24 heavy (non-hydrogen) atoms. The molecule has 0 aliphatic heterocycles. The number of thiophene rings is 1. The van der Waals surface area contributed by atoms with Crippen molar-refractivity contribution in [1.82, 2.24) is 4.98 Å². The Morgan fingerprint density at radius 2 is 1.88 bits per heavy atom. The monoisotopic (exact) mass is 383 g/mol. The van der Waals surface area contributed by atoms with Crippen LogP contribution in [0.3, 0.4) is 0 Å². The van der Waals surface area contributed by atoms with E-state index in [1.165, 1.54) is 30.5 Å². The summed E-state index contributed by atoms with van der Waals surface area (Å²) in [6.45, 7) is 0. The summed E-state index contributed by atoms with van der Waals surface area (Å²) in [6, 6.07) is 12.2. The van der Waals surface area contributed by atoms with Gasteiger partial charge in [0.2, 0.25) is 0 Å². The third-order valence-corrected chi connectivity index (χ3v) is 6.05. The average Bonchev–Trinajstić information content (AvgIpc) is 2.99. The van der Waals surface area contributed by atoms with Gasteiger partial charge in [0.25, 0.3) is 10.0 Å². The van der Waals surface area contributed by atoms with Gasteiger partial charge in [0.1, 0.15) is 15.8 Å². The molecule has 124 valence electrons. The van der Waals surface area contributed by atoms with E-state index in [9.17, 15) is 12.8 Å². The standard InChI is InChI=1S/C15H11ClFN3O2S2/c16-13-6-8-15(23-13)24(21,22)20-14-7-5-10(9-18-14)19-12-4-2-1-3-11(12)17/h1-9,19H,(H,18,20). The fourth-order valence-corrected chi connectivity index (χ4v) is 4.37. The Labute approximate surface area is 147 Å². The maximum absolute atomic E-state index is 13.6. The van der Waals surface area contributed by atoms with Crippen LogP contribution in [0.2, 0.25) is 4.34 Å². The Bertz CT molecular complexity index is 959. The second kappa shape index (κ2) is 6.76. The summed E-state index contributed by atoms with van der Waals surface area (Å²) in [5.74, 6) is -0.240. The summed E-state index contributed by atoms with van der Waals surface area (Å²) in [6.07, 6.45) is 1.41. The van der Waals surface area contributed by atoms with Crippen LogP contribution >= 0.6 is 22.9 Å². The summed E-state index contributed by atoms with van der Waals surface area (Å²) in [5.41, 5.74) is 0.836. The normalized spacial score (nSPS) is 11.2. The van der Waals surface area contributed by atoms with Crippen molar-refractivity contribution in [3.05, 3.63) is 64.9 Å². The fraction of sp³-hybridized carbons (Fsp3) is 0. The third-order valence-electron chi connectivity index (χ3n) is 2.97. The van der Waals surface area contributed by atoms with Crippen molar-refractivity contribution in [2.24, 2.45) is 0 Å². The van der Waals surface area contributed by atoms with E-state index in [0.717, 1.165) is 11.3 Å². The molecule has 0 aliphatic carbocycles. The van der Waals surface area contributed by atoms with Gasteiger partial charge in [-0.15, -0.1) is 11.3 Å². The summed E-state index contributed by atoms with van der Waals surface area (Å²) in [7, 11) is -3.73. The Morgan fingerprint density at radius 3 is 2.50 bits per heavy atom. The van der Waals surface area contributed by atoms with Gasteiger partial charge >= 0.3 is 0 Å². The zero-order valence-electron chi connectivity index (χ0n) is 12.0. The van der Waals surface area contributed by atoms with Crippen LogP contribution in [0, 0.1) is 5.82 Å². The van der Waals surface area contributed by atoms with Gasteiger partial charge < -0.3 is 5.32 Å². The molecule has 0 saturated heterocycles. The highest BCUT2D eigenvalue weighted by atomic mass is 35.5. The molecule has 2 aromatic heterocycles. The highest BCUT2D eigenvalue weighted by Crippen LogP contribution is 2.27. The van der Waals surface area contributed by atoms with Crippen LogP contribution in [0.4, 0.5) is 21.6 Å². The van der Waals surface area contributed by atoms with Gasteiger partial charge in [-0.2, -0.15) is 0 Å². The lowest BCUT2D eigenvalue weighted by Crippen LogP contribution is -2.12. The maximum Gasteiger partial charge on any atom is 0.272 e. The SMILES string of the molecule is O=S(=O)(Nc1ccc(Nc2ccccc2F)cn1)c1ccc(Cl)s1. The average molecular weight is 384 g/mol. The molecule has 0 bridgehead atoms. The van der Waals surface area contributed by atoms with Crippen LogP contribution < -0.4 is 10.0 Å². The molecule has 0 aliphatic rings. The summed E-state index contributed by atoms with van der Waals surface area (Å²) >= 11 is 6.71. The molecule has 0 unspecified atom stereocenters. The lowest BCUT2D eigenvalue weighted by molar-refractivity contribution is 0.603. The van der Waals surface area contributed by atoms with Gasteiger partial charge in [-0.05, 0) is 36.4 Å². The number of hydrogen-bond donors (Lipinski definition) is 2. The fourth-order valence-electron chi connectivity index (χ4n) is 1.88. The molecule has 0 saturated carbocycles. The Balaban J connectivity index is 1.74. The van der Waals surface area contributed by atoms with Crippen molar-refractivity contribution in [3.63, 3.8) is 0 Å². The van der Waals surface area contributed by atoms with Crippen LogP contribution in [0.25, 0.3) is 0 Å². The minimum atomic E-state index is -3.73. The highest BCUT2D eigenvalue weighted by molar-refractivity contribution is 7.94. The number of pyridine rings is 1. The molecule has 0 fully saturated rings. The van der Waals surface area contributed by atoms with Gasteiger partial charge in [0, 0.05) is 0 Å². The number of aromatic nitrogens is 1. The van der Waals surface area contributed by atoms with Crippen molar-refractivity contribution >= 4 is 50.2 Å². The quantitative estimate of drug-likeness (QED) is 0.681. The largest absolute Gasteiger partial charge is 0.352 e. The molecule has 3 rings (SSSR count). The van der Waals surface area contributed by atoms with E-state index in [1.807, 2.05) is 0 Å². The van der Waals surface area contributed by atoms with E-state index in [-0.39, 0.29) is 10.0 Å². The number of hydrogen-bond acceptors (Lipinski definition) is 5. The van der Waals surface area contributed by atoms with Crippen LogP contribution in [0.5, 0.6) is 0 Å². The van der Waals surface area contributed by atoms with Crippen molar-refractivity contribution in [1.29, 1.82) is 0 Å². The molecule has 0 spiro atoms. The van der Waals surface area contributed by atoms with E-state index in [2.05, 4.69) is 15.0 Å². The number of anilines is 3. The first kappa shape index (κ1) is 16.7. The first-order valence-corrected chi connectivity index (χ1v) is 9.37. The number of nitrogens with one attached hydrogen (secondary N) is 2. The van der Waals surface area contributed by atoms with Crippen LogP contribution in [-0.2, 0) is 10.0 Å². The molecular weight excluding hydrogens is 373 g/mol. The van der Waals surface area contributed by atoms with Gasteiger partial charge in [0.15, 0.2) is 0 Å². The van der Waals surface area contributed by atoms with E-state index in [0.29, 0.717) is 15.7 Å². The van der Waals surface area contributed by atoms with Crippen LogP contribution in [0.15, 0.2) is 58.9 Å². The predicted molar refractivity (Wildman–Crippen MR) is 94.1 cm³/mol. The molecule has 1 aromatic carbocycles. The van der Waals surface area contributed by atoms with E-state index in [4.69, 9.17) is 11.6 Å². The van der Waals surface area contributed by atoms with Gasteiger partial charge in [-0.25, -0.2) is 17.8 Å². The maximum atomic E-state index is 13.6. The first-order chi connectivity index (χ1) is 11.4. The van der Waals surface area contributed by atoms with Crippen molar-refractivity contribution in [2.75, 3.05) is 10.0 Å². The van der Waals surface area contributed by atoms with Gasteiger partial charge in [-0.3, -0.25) is 4.72 Å². The van der Waals surface area contributed by atoms with Crippen LogP contribution in [-0.4, -0.2) is 13.4 Å². The van der Waals surface area contributed by atoms with E-state index in [1.54, 1.807) is 24.3 Å². The zero-order chi connectivity index (χ0) is 17.2. The smallest absolute Gasteiger partial charge is 0.272 e. The number of nitrogens with zero attached hydrogens (tertiary/aromatic N) is 1. The molecule has 9 heteroatoms. The molecular formula is C15H11ClFN3O2S2. The number of para-hydroxylation sites is 1. The molecule has 0 atom stereocenters. The molecule has 2 N–H and O–H groups in total. The lowest BCUT2D eigenvalue weighted by atomic mass is 10.3.